The van der Waals surface area contributed by atoms with Crippen LogP contribution < -0.4 is 11.1 Å². The Balaban J connectivity index is 1.83. The van der Waals surface area contributed by atoms with Crippen LogP contribution in [0.3, 0.4) is 0 Å². The predicted octanol–water partition coefficient (Wildman–Crippen LogP) is 2.15. The summed E-state index contributed by atoms with van der Waals surface area (Å²) >= 11 is 0. The van der Waals surface area contributed by atoms with Gasteiger partial charge in [-0.2, -0.15) is 0 Å². The van der Waals surface area contributed by atoms with Gasteiger partial charge in [0.15, 0.2) is 0 Å². The van der Waals surface area contributed by atoms with Gasteiger partial charge >= 0.3 is 6.09 Å². The highest BCUT2D eigenvalue weighted by molar-refractivity contribution is 6.12. The van der Waals surface area contributed by atoms with Crippen molar-refractivity contribution in [2.45, 2.75) is 51.8 Å². The van der Waals surface area contributed by atoms with E-state index in [9.17, 15) is 14.0 Å². The van der Waals surface area contributed by atoms with Crippen LogP contribution in [0.4, 0.5) is 9.18 Å². The number of hydrogen-bond donors (Lipinski definition) is 2. The smallest absolute Gasteiger partial charge is 0.410 e. The first kappa shape index (κ1) is 22.3. The molecule has 8 nitrogen and oxygen atoms in total. The van der Waals surface area contributed by atoms with E-state index < -0.39 is 17.3 Å². The Morgan fingerprint density at radius 2 is 2.10 bits per heavy atom. The standard InChI is InChI=1S/C20H28FN5O3/c1-20(2,3)29-19(28)26-9-6-15(7-10-26)24-12-14(11-22)18(27)25-13-17-16(21)5-4-8-23-17/h4-5,8,11-12,15H,6-7,9-10,13,22H2,1-3H3,(H,25,27). The summed E-state index contributed by atoms with van der Waals surface area (Å²) in [5, 5.41) is 2.57. The molecule has 29 heavy (non-hydrogen) atoms. The highest BCUT2D eigenvalue weighted by atomic mass is 19.1. The first-order chi connectivity index (χ1) is 13.7. The molecule has 3 N–H and O–H groups in total. The summed E-state index contributed by atoms with van der Waals surface area (Å²) in [5.41, 5.74) is 5.33. The SMILES string of the molecule is CC(C)(C)OC(=O)N1CCC(N=CC(=CN)C(=O)NCc2ncccc2F)CC1. The van der Waals surface area contributed by atoms with E-state index in [1.165, 1.54) is 24.5 Å². The highest BCUT2D eigenvalue weighted by Gasteiger charge is 2.26. The van der Waals surface area contributed by atoms with Gasteiger partial charge in [0.05, 0.1) is 23.9 Å². The van der Waals surface area contributed by atoms with Crippen molar-refractivity contribution < 1.29 is 18.7 Å². The van der Waals surface area contributed by atoms with Gasteiger partial charge in [-0.1, -0.05) is 0 Å². The molecule has 1 aliphatic heterocycles. The second kappa shape index (κ2) is 9.99. The second-order valence-electron chi connectivity index (χ2n) is 7.71. The highest BCUT2D eigenvalue weighted by Crippen LogP contribution is 2.17. The lowest BCUT2D eigenvalue weighted by molar-refractivity contribution is -0.117. The molecular weight excluding hydrogens is 377 g/mol. The zero-order valence-electron chi connectivity index (χ0n) is 17.0. The maximum atomic E-state index is 13.6. The summed E-state index contributed by atoms with van der Waals surface area (Å²) in [6, 6.07) is 2.73. The van der Waals surface area contributed by atoms with Crippen molar-refractivity contribution in [2.75, 3.05) is 13.1 Å². The molecule has 0 aromatic carbocycles. The lowest BCUT2D eigenvalue weighted by atomic mass is 10.1. The fourth-order valence-corrected chi connectivity index (χ4v) is 2.70. The monoisotopic (exact) mass is 405 g/mol. The van der Waals surface area contributed by atoms with Crippen molar-refractivity contribution in [3.63, 3.8) is 0 Å². The number of aliphatic imine (C=N–C) groups is 1. The molecule has 9 heteroatoms. The minimum absolute atomic E-state index is 0.0235. The lowest BCUT2D eigenvalue weighted by Crippen LogP contribution is -2.42. The normalized spacial score (nSPS) is 16.1. The number of nitrogens with zero attached hydrogens (tertiary/aromatic N) is 3. The summed E-state index contributed by atoms with van der Waals surface area (Å²) in [6.07, 6.45) is 5.02. The van der Waals surface area contributed by atoms with E-state index in [4.69, 9.17) is 10.5 Å². The predicted molar refractivity (Wildman–Crippen MR) is 108 cm³/mol. The van der Waals surface area contributed by atoms with Crippen molar-refractivity contribution >= 4 is 18.2 Å². The van der Waals surface area contributed by atoms with Crippen LogP contribution in [0.15, 0.2) is 35.1 Å². The van der Waals surface area contributed by atoms with E-state index in [1.807, 2.05) is 20.8 Å². The van der Waals surface area contributed by atoms with Gasteiger partial charge in [-0.3, -0.25) is 14.8 Å². The number of nitrogens with one attached hydrogen (secondary N) is 1. The Bertz CT molecular complexity index is 781. The molecular formula is C20H28FN5O3. The summed E-state index contributed by atoms with van der Waals surface area (Å²) < 4.78 is 18.9. The molecule has 0 atom stereocenters. The maximum absolute atomic E-state index is 13.6. The van der Waals surface area contributed by atoms with E-state index in [0.717, 1.165) is 6.20 Å². The van der Waals surface area contributed by atoms with E-state index in [2.05, 4.69) is 15.3 Å². The van der Waals surface area contributed by atoms with Gasteiger partial charge in [0.1, 0.15) is 11.4 Å². The molecule has 0 aliphatic carbocycles. The Labute approximate surface area is 170 Å². The Hall–Kier alpha value is -2.97. The molecule has 1 aromatic rings. The Morgan fingerprint density at radius 3 is 2.69 bits per heavy atom. The maximum Gasteiger partial charge on any atom is 0.410 e. The van der Waals surface area contributed by atoms with E-state index in [0.29, 0.717) is 25.9 Å². The number of pyridine rings is 1. The lowest BCUT2D eigenvalue weighted by Gasteiger charge is -2.32. The summed E-state index contributed by atoms with van der Waals surface area (Å²) in [7, 11) is 0. The first-order valence-electron chi connectivity index (χ1n) is 9.50. The average Bonchev–Trinajstić information content (AvgIpc) is 2.67. The number of aromatic nitrogens is 1. The van der Waals surface area contributed by atoms with Gasteiger partial charge in [-0.15, -0.1) is 0 Å². The van der Waals surface area contributed by atoms with Gasteiger partial charge in [0, 0.05) is 31.7 Å². The molecule has 0 unspecified atom stereocenters. The third-order valence-electron chi connectivity index (χ3n) is 4.23. The molecule has 1 aliphatic rings. The number of hydrogen-bond acceptors (Lipinski definition) is 6. The van der Waals surface area contributed by atoms with E-state index in [1.54, 1.807) is 4.90 Å². The molecule has 2 rings (SSSR count). The van der Waals surface area contributed by atoms with Crippen LogP contribution in [0.1, 0.15) is 39.3 Å². The van der Waals surface area contributed by atoms with Crippen molar-refractivity contribution in [2.24, 2.45) is 10.7 Å². The van der Waals surface area contributed by atoms with Gasteiger partial charge in [-0.05, 0) is 45.7 Å². The molecule has 1 saturated heterocycles. The number of nitrogens with two attached hydrogens (primary N) is 1. The minimum Gasteiger partial charge on any atom is -0.444 e. The van der Waals surface area contributed by atoms with Gasteiger partial charge in [-0.25, -0.2) is 9.18 Å². The molecule has 158 valence electrons. The van der Waals surface area contributed by atoms with Crippen molar-refractivity contribution in [3.05, 3.63) is 41.6 Å². The van der Waals surface area contributed by atoms with Crippen LogP contribution in [0.25, 0.3) is 0 Å². The van der Waals surface area contributed by atoms with Crippen molar-refractivity contribution in [3.8, 4) is 0 Å². The zero-order chi connectivity index (χ0) is 21.4. The number of ether oxygens (including phenoxy) is 1. The number of piperidine rings is 1. The first-order valence-corrected chi connectivity index (χ1v) is 9.50. The Kier molecular flexibility index (Phi) is 7.69. The number of carbonyl (C=O) groups is 2. The Morgan fingerprint density at radius 1 is 1.41 bits per heavy atom. The number of rotatable bonds is 5. The zero-order valence-corrected chi connectivity index (χ0v) is 17.0. The van der Waals surface area contributed by atoms with Crippen LogP contribution in [-0.2, 0) is 16.1 Å². The topological polar surface area (TPSA) is 110 Å². The largest absolute Gasteiger partial charge is 0.444 e. The van der Waals surface area contributed by atoms with Crippen molar-refractivity contribution in [1.82, 2.24) is 15.2 Å². The van der Waals surface area contributed by atoms with Crippen LogP contribution >= 0.6 is 0 Å². The third-order valence-corrected chi connectivity index (χ3v) is 4.23. The molecule has 2 heterocycles. The van der Waals surface area contributed by atoms with E-state index in [-0.39, 0.29) is 29.9 Å². The molecule has 1 fully saturated rings. The molecule has 0 spiro atoms. The number of amides is 2. The minimum atomic E-state index is -0.529. The van der Waals surface area contributed by atoms with Gasteiger partial charge < -0.3 is 20.7 Å². The van der Waals surface area contributed by atoms with Gasteiger partial charge in [0.2, 0.25) is 0 Å². The summed E-state index contributed by atoms with van der Waals surface area (Å²) in [6.45, 7) is 6.50. The van der Waals surface area contributed by atoms with Crippen LogP contribution in [0.2, 0.25) is 0 Å². The average molecular weight is 405 g/mol. The quantitative estimate of drug-likeness (QED) is 0.576. The van der Waals surface area contributed by atoms with Crippen molar-refractivity contribution in [1.29, 1.82) is 0 Å². The fourth-order valence-electron chi connectivity index (χ4n) is 2.70. The number of likely N-dealkylation sites (tertiary alicyclic amines) is 1. The molecule has 2 amide bonds. The van der Waals surface area contributed by atoms with Gasteiger partial charge in [0.25, 0.3) is 5.91 Å². The number of carbonyl (C=O) groups excluding carboxylic acids is 2. The van der Waals surface area contributed by atoms with Crippen LogP contribution in [0.5, 0.6) is 0 Å². The molecule has 0 saturated carbocycles. The fraction of sp³-hybridized carbons (Fsp3) is 0.500. The van der Waals surface area contributed by atoms with Crippen LogP contribution in [0, 0.1) is 5.82 Å². The second-order valence-corrected chi connectivity index (χ2v) is 7.71. The van der Waals surface area contributed by atoms with E-state index >= 15 is 0 Å². The molecule has 0 radical (unpaired) electrons. The number of halogens is 1. The summed E-state index contributed by atoms with van der Waals surface area (Å²) in [4.78, 5) is 34.3. The third kappa shape index (κ3) is 7.17. The molecule has 1 aromatic heterocycles. The molecule has 0 bridgehead atoms. The van der Waals surface area contributed by atoms with Crippen LogP contribution in [-0.4, -0.2) is 52.8 Å². The summed E-state index contributed by atoms with van der Waals surface area (Å²) in [5.74, 6) is -0.955.